The first kappa shape index (κ1) is 22.4. The number of fused-ring (bicyclic) bond motifs is 1. The zero-order valence-corrected chi connectivity index (χ0v) is 17.5. The number of Topliss-reactive ketones (excluding diaryl/α,β-unsaturated/α-hetero) is 1. The molecule has 1 unspecified atom stereocenters. The van der Waals surface area contributed by atoms with Gasteiger partial charge < -0.3 is 29.5 Å². The van der Waals surface area contributed by atoms with E-state index in [1.165, 1.54) is 13.0 Å². The fraction of sp³-hybridized carbons (Fsp3) is 0.391. The molecule has 0 amide bonds. The van der Waals surface area contributed by atoms with Gasteiger partial charge in [0.15, 0.2) is 22.9 Å². The fourth-order valence-electron chi connectivity index (χ4n) is 3.36. The maximum absolute atomic E-state index is 11.7. The van der Waals surface area contributed by atoms with Crippen molar-refractivity contribution >= 4 is 11.8 Å². The number of carbonyl (C=O) groups excluding carboxylic acids is 1. The van der Waals surface area contributed by atoms with Gasteiger partial charge in [-0.25, -0.2) is 0 Å². The summed E-state index contributed by atoms with van der Waals surface area (Å²) in [5.41, 5.74) is -0.189. The van der Waals surface area contributed by atoms with E-state index in [9.17, 15) is 19.8 Å². The first-order valence-corrected chi connectivity index (χ1v) is 10.0. The minimum Gasteiger partial charge on any atom is -0.507 e. The predicted molar refractivity (Wildman–Crippen MR) is 111 cm³/mol. The smallest absolute Gasteiger partial charge is 0.307 e. The molecule has 0 radical (unpaired) electrons. The van der Waals surface area contributed by atoms with Crippen LogP contribution in [0.3, 0.4) is 0 Å². The largest absolute Gasteiger partial charge is 0.507 e. The summed E-state index contributed by atoms with van der Waals surface area (Å²) in [5, 5.41) is 30.4. The molecule has 1 heterocycles. The van der Waals surface area contributed by atoms with Crippen LogP contribution in [0.5, 0.6) is 23.0 Å². The van der Waals surface area contributed by atoms with Gasteiger partial charge in [-0.15, -0.1) is 0 Å². The van der Waals surface area contributed by atoms with Gasteiger partial charge in [0.1, 0.15) is 31.3 Å². The lowest BCUT2D eigenvalue weighted by molar-refractivity contribution is -0.136. The highest BCUT2D eigenvalue weighted by molar-refractivity contribution is 5.97. The molecule has 1 aliphatic rings. The van der Waals surface area contributed by atoms with Crippen LogP contribution >= 0.6 is 0 Å². The number of aromatic hydroxyl groups is 1. The van der Waals surface area contributed by atoms with Crippen LogP contribution < -0.4 is 14.2 Å². The number of aliphatic carboxylic acids is 1. The van der Waals surface area contributed by atoms with Gasteiger partial charge in [0.2, 0.25) is 0 Å². The predicted octanol–water partition coefficient (Wildman–Crippen LogP) is 2.76. The molecule has 3 rings (SSSR count). The molecule has 0 aromatic heterocycles. The van der Waals surface area contributed by atoms with Crippen LogP contribution in [0.1, 0.15) is 41.8 Å². The van der Waals surface area contributed by atoms with E-state index in [2.05, 4.69) is 0 Å². The van der Waals surface area contributed by atoms with Gasteiger partial charge in [-0.1, -0.05) is 19.4 Å². The molecule has 0 bridgehead atoms. The number of phenols is 1. The Labute approximate surface area is 180 Å². The highest BCUT2D eigenvalue weighted by Crippen LogP contribution is 2.35. The molecule has 31 heavy (non-hydrogen) atoms. The third-order valence-electron chi connectivity index (χ3n) is 4.97. The van der Waals surface area contributed by atoms with E-state index >= 15 is 0 Å². The second-order valence-corrected chi connectivity index (χ2v) is 7.69. The minimum atomic E-state index is -1.48. The Balaban J connectivity index is 1.74. The Morgan fingerprint density at radius 2 is 1.84 bits per heavy atom. The first-order valence-electron chi connectivity index (χ1n) is 10.0. The summed E-state index contributed by atoms with van der Waals surface area (Å²) in [7, 11) is 0. The highest BCUT2D eigenvalue weighted by atomic mass is 16.6. The molecule has 166 valence electrons. The molecule has 2 aromatic rings. The summed E-state index contributed by atoms with van der Waals surface area (Å²) >= 11 is 0. The molecule has 2 aromatic carbocycles. The zero-order chi connectivity index (χ0) is 22.6. The Hall–Kier alpha value is -3.26. The second-order valence-electron chi connectivity index (χ2n) is 7.69. The number of phenolic OH excluding ortho intramolecular Hbond substituents is 1. The van der Waals surface area contributed by atoms with Crippen LogP contribution in [-0.4, -0.2) is 52.5 Å². The number of aliphatic hydroxyl groups is 1. The molecule has 0 saturated carbocycles. The summed E-state index contributed by atoms with van der Waals surface area (Å²) in [4.78, 5) is 22.6. The van der Waals surface area contributed by atoms with Crippen molar-refractivity contribution in [2.75, 3.05) is 19.8 Å². The van der Waals surface area contributed by atoms with Crippen molar-refractivity contribution in [2.45, 2.75) is 38.7 Å². The van der Waals surface area contributed by atoms with Crippen LogP contribution in [0, 0.1) is 0 Å². The average molecular weight is 430 g/mol. The standard InChI is InChI=1S/C23H26O8/c1-3-4-17-18(8-6-16(14(2)24)22(17)27)29-11-23(28)12-30-19-7-5-15(10-21(25)26)9-20(19)31-13-23/h5-9,27-28H,3-4,10-13H2,1-2H3,(H,25,26). The SMILES string of the molecule is CCCc1c(OCC2(O)COc3ccc(CC(=O)O)cc3OC2)ccc(C(C)=O)c1O. The van der Waals surface area contributed by atoms with E-state index in [-0.39, 0.29) is 43.3 Å². The molecular formula is C23H26O8. The number of carbonyl (C=O) groups is 2. The Morgan fingerprint density at radius 3 is 2.48 bits per heavy atom. The fourth-order valence-corrected chi connectivity index (χ4v) is 3.36. The lowest BCUT2D eigenvalue weighted by atomic mass is 10.0. The summed E-state index contributed by atoms with van der Waals surface area (Å²) in [5.74, 6) is -0.175. The molecule has 3 N–H and O–H groups in total. The van der Waals surface area contributed by atoms with Gasteiger partial charge >= 0.3 is 5.97 Å². The van der Waals surface area contributed by atoms with E-state index < -0.39 is 11.6 Å². The number of rotatable bonds is 8. The summed E-state index contributed by atoms with van der Waals surface area (Å²) < 4.78 is 17.2. The Bertz CT molecular complexity index is 984. The topological polar surface area (TPSA) is 123 Å². The number of benzene rings is 2. The first-order chi connectivity index (χ1) is 14.7. The Morgan fingerprint density at radius 1 is 1.13 bits per heavy atom. The third kappa shape index (κ3) is 5.27. The van der Waals surface area contributed by atoms with Gasteiger partial charge in [-0.2, -0.15) is 0 Å². The molecule has 0 fully saturated rings. The molecule has 0 saturated heterocycles. The third-order valence-corrected chi connectivity index (χ3v) is 4.97. The zero-order valence-electron chi connectivity index (χ0n) is 17.5. The monoisotopic (exact) mass is 430 g/mol. The van der Waals surface area contributed by atoms with Crippen LogP contribution in [-0.2, 0) is 17.6 Å². The molecule has 0 aliphatic carbocycles. The summed E-state index contributed by atoms with van der Waals surface area (Å²) in [6, 6.07) is 7.92. The van der Waals surface area contributed by atoms with E-state index in [0.29, 0.717) is 34.8 Å². The van der Waals surface area contributed by atoms with Crippen LogP contribution in [0.4, 0.5) is 0 Å². The van der Waals surface area contributed by atoms with Crippen molar-refractivity contribution in [3.05, 3.63) is 47.0 Å². The van der Waals surface area contributed by atoms with Crippen molar-refractivity contribution in [3.63, 3.8) is 0 Å². The van der Waals surface area contributed by atoms with E-state index in [4.69, 9.17) is 19.3 Å². The molecule has 8 nitrogen and oxygen atoms in total. The maximum Gasteiger partial charge on any atom is 0.307 e. The average Bonchev–Trinajstić information content (AvgIpc) is 2.87. The number of ether oxygens (including phenoxy) is 3. The second kappa shape index (κ2) is 9.26. The van der Waals surface area contributed by atoms with Crippen molar-refractivity contribution < 1.29 is 39.1 Å². The lowest BCUT2D eigenvalue weighted by Gasteiger charge is -2.26. The van der Waals surface area contributed by atoms with Crippen molar-refractivity contribution in [2.24, 2.45) is 0 Å². The number of hydrogen-bond acceptors (Lipinski definition) is 7. The molecule has 0 spiro atoms. The van der Waals surface area contributed by atoms with E-state index in [1.807, 2.05) is 6.92 Å². The molecule has 1 atom stereocenters. The van der Waals surface area contributed by atoms with Gasteiger partial charge in [0.25, 0.3) is 0 Å². The van der Waals surface area contributed by atoms with Crippen LogP contribution in [0.25, 0.3) is 0 Å². The van der Waals surface area contributed by atoms with Crippen LogP contribution in [0.2, 0.25) is 0 Å². The molecular weight excluding hydrogens is 404 g/mol. The molecule has 1 aliphatic heterocycles. The lowest BCUT2D eigenvalue weighted by Crippen LogP contribution is -2.46. The van der Waals surface area contributed by atoms with E-state index in [0.717, 1.165) is 6.42 Å². The number of carboxylic acids is 1. The van der Waals surface area contributed by atoms with Gasteiger partial charge in [-0.3, -0.25) is 9.59 Å². The van der Waals surface area contributed by atoms with Crippen molar-refractivity contribution in [1.82, 2.24) is 0 Å². The number of carboxylic acid groups (broad SMARTS) is 1. The van der Waals surface area contributed by atoms with E-state index in [1.54, 1.807) is 24.3 Å². The van der Waals surface area contributed by atoms with Crippen molar-refractivity contribution in [1.29, 1.82) is 0 Å². The van der Waals surface area contributed by atoms with Gasteiger partial charge in [0.05, 0.1) is 12.0 Å². The maximum atomic E-state index is 11.7. The summed E-state index contributed by atoms with van der Waals surface area (Å²) in [6.45, 7) is 2.93. The molecule has 8 heteroatoms. The highest BCUT2D eigenvalue weighted by Gasteiger charge is 2.34. The minimum absolute atomic E-state index is 0.0983. The van der Waals surface area contributed by atoms with Gasteiger partial charge in [-0.05, 0) is 43.2 Å². The normalized spacial score (nSPS) is 17.6. The summed E-state index contributed by atoms with van der Waals surface area (Å²) in [6.07, 6.45) is 1.09. The quantitative estimate of drug-likeness (QED) is 0.547. The van der Waals surface area contributed by atoms with Crippen LogP contribution in [0.15, 0.2) is 30.3 Å². The van der Waals surface area contributed by atoms with Gasteiger partial charge in [0, 0.05) is 5.56 Å². The van der Waals surface area contributed by atoms with Crippen molar-refractivity contribution in [3.8, 4) is 23.0 Å². The Kier molecular flexibility index (Phi) is 6.70. The number of ketones is 1. The number of hydrogen-bond donors (Lipinski definition) is 3.